The first kappa shape index (κ1) is 14.8. The van der Waals surface area contributed by atoms with E-state index in [9.17, 15) is 9.18 Å². The van der Waals surface area contributed by atoms with E-state index in [1.54, 1.807) is 33.2 Å². The predicted molar refractivity (Wildman–Crippen MR) is 77.3 cm³/mol. The maximum absolute atomic E-state index is 13.8. The van der Waals surface area contributed by atoms with Crippen LogP contribution >= 0.6 is 11.6 Å². The Morgan fingerprint density at radius 2 is 2.20 bits per heavy atom. The lowest BCUT2D eigenvalue weighted by Gasteiger charge is -2.13. The fourth-order valence-electron chi connectivity index (χ4n) is 2.10. The summed E-state index contributed by atoms with van der Waals surface area (Å²) in [7, 11) is 3.41. The molecule has 2 aromatic rings. The van der Waals surface area contributed by atoms with E-state index >= 15 is 0 Å². The van der Waals surface area contributed by atoms with Crippen LogP contribution in [0.3, 0.4) is 0 Å². The van der Waals surface area contributed by atoms with Crippen molar-refractivity contribution in [1.29, 1.82) is 0 Å². The molecular weight excluding hydrogens is 281 g/mol. The Balaban J connectivity index is 2.42. The number of alkyl halides is 1. The van der Waals surface area contributed by atoms with Gasteiger partial charge >= 0.3 is 0 Å². The smallest absolute Gasteiger partial charge is 0.223 e. The quantitative estimate of drug-likeness (QED) is 0.814. The van der Waals surface area contributed by atoms with Crippen LogP contribution in [0.1, 0.15) is 24.5 Å². The molecule has 0 saturated carbocycles. The van der Waals surface area contributed by atoms with E-state index in [1.807, 2.05) is 4.57 Å². The Morgan fingerprint density at radius 1 is 1.50 bits per heavy atom. The second kappa shape index (κ2) is 5.79. The van der Waals surface area contributed by atoms with E-state index in [2.05, 4.69) is 4.98 Å². The molecule has 1 atom stereocenters. The van der Waals surface area contributed by atoms with Gasteiger partial charge in [-0.3, -0.25) is 4.79 Å². The lowest BCUT2D eigenvalue weighted by Crippen LogP contribution is -2.23. The summed E-state index contributed by atoms with van der Waals surface area (Å²) in [6.07, 6.45) is 0.325. The van der Waals surface area contributed by atoms with Crippen LogP contribution in [0.25, 0.3) is 11.0 Å². The van der Waals surface area contributed by atoms with Gasteiger partial charge in [0.2, 0.25) is 5.91 Å². The van der Waals surface area contributed by atoms with Crippen LogP contribution in [0.4, 0.5) is 4.39 Å². The summed E-state index contributed by atoms with van der Waals surface area (Å²) in [4.78, 5) is 17.5. The molecule has 6 heteroatoms. The summed E-state index contributed by atoms with van der Waals surface area (Å²) in [5, 5.41) is -0.351. The van der Waals surface area contributed by atoms with Gasteiger partial charge in [-0.1, -0.05) is 6.07 Å². The van der Waals surface area contributed by atoms with Gasteiger partial charge < -0.3 is 9.47 Å². The number of benzene rings is 1. The zero-order valence-corrected chi connectivity index (χ0v) is 12.5. The summed E-state index contributed by atoms with van der Waals surface area (Å²) in [6.45, 7) is 2.22. The average Bonchev–Trinajstić information content (AvgIpc) is 2.76. The molecule has 0 radical (unpaired) electrons. The number of hydrogen-bond donors (Lipinski definition) is 0. The number of carbonyl (C=O) groups excluding carboxylic acids is 1. The molecule has 0 fully saturated rings. The largest absolute Gasteiger partial charge is 0.349 e. The monoisotopic (exact) mass is 297 g/mol. The molecule has 0 spiro atoms. The number of nitrogens with zero attached hydrogens (tertiary/aromatic N) is 3. The van der Waals surface area contributed by atoms with Gasteiger partial charge in [0, 0.05) is 27.1 Å². The minimum absolute atomic E-state index is 0.0106. The molecule has 0 aliphatic carbocycles. The number of amides is 1. The van der Waals surface area contributed by atoms with Crippen molar-refractivity contribution in [3.05, 3.63) is 29.8 Å². The van der Waals surface area contributed by atoms with E-state index in [-0.39, 0.29) is 17.1 Å². The van der Waals surface area contributed by atoms with Crippen molar-refractivity contribution < 1.29 is 9.18 Å². The molecule has 0 N–H and O–H groups in total. The number of carbonyl (C=O) groups is 1. The molecule has 108 valence electrons. The minimum atomic E-state index is -0.376. The first-order valence-corrected chi connectivity index (χ1v) is 6.84. The van der Waals surface area contributed by atoms with Gasteiger partial charge in [0.1, 0.15) is 11.3 Å². The van der Waals surface area contributed by atoms with Crippen molar-refractivity contribution in [2.24, 2.45) is 0 Å². The van der Waals surface area contributed by atoms with E-state index in [1.165, 1.54) is 11.0 Å². The topological polar surface area (TPSA) is 38.1 Å². The molecule has 1 unspecified atom stereocenters. The normalized spacial score (nSPS) is 12.7. The second-order valence-corrected chi connectivity index (χ2v) is 5.54. The highest BCUT2D eigenvalue weighted by Crippen LogP contribution is 2.26. The van der Waals surface area contributed by atoms with Crippen LogP contribution < -0.4 is 0 Å². The molecule has 0 saturated heterocycles. The Bertz CT molecular complexity index is 637. The second-order valence-electron chi connectivity index (χ2n) is 4.88. The van der Waals surface area contributed by atoms with Gasteiger partial charge in [-0.05, 0) is 19.1 Å². The van der Waals surface area contributed by atoms with Crippen molar-refractivity contribution in [2.75, 3.05) is 14.1 Å². The summed E-state index contributed by atoms with van der Waals surface area (Å²) < 4.78 is 15.6. The highest BCUT2D eigenvalue weighted by atomic mass is 35.5. The minimum Gasteiger partial charge on any atom is -0.349 e. The van der Waals surface area contributed by atoms with Gasteiger partial charge in [0.25, 0.3) is 0 Å². The van der Waals surface area contributed by atoms with Crippen LogP contribution in [0, 0.1) is 5.82 Å². The fourth-order valence-corrected chi connectivity index (χ4v) is 2.27. The molecule has 1 aromatic heterocycles. The number of para-hydroxylation sites is 1. The van der Waals surface area contributed by atoms with E-state index in [4.69, 9.17) is 11.6 Å². The first-order valence-electron chi connectivity index (χ1n) is 6.40. The van der Waals surface area contributed by atoms with Gasteiger partial charge in [-0.2, -0.15) is 0 Å². The highest BCUT2D eigenvalue weighted by molar-refractivity contribution is 6.20. The summed E-state index contributed by atoms with van der Waals surface area (Å²) in [5.41, 5.74) is 0.964. The Labute approximate surface area is 122 Å². The van der Waals surface area contributed by atoms with Crippen molar-refractivity contribution in [1.82, 2.24) is 14.5 Å². The summed E-state index contributed by atoms with van der Waals surface area (Å²) >= 11 is 6.11. The lowest BCUT2D eigenvalue weighted by molar-refractivity contribution is -0.128. The van der Waals surface area contributed by atoms with Crippen LogP contribution in [-0.4, -0.2) is 34.5 Å². The Kier molecular flexibility index (Phi) is 4.28. The molecular formula is C14H17ClFN3O. The molecule has 0 aliphatic rings. The molecule has 2 rings (SSSR count). The van der Waals surface area contributed by atoms with Crippen molar-refractivity contribution in [3.63, 3.8) is 0 Å². The third kappa shape index (κ3) is 2.77. The molecule has 4 nitrogen and oxygen atoms in total. The number of hydrogen-bond acceptors (Lipinski definition) is 2. The third-order valence-electron chi connectivity index (χ3n) is 3.16. The van der Waals surface area contributed by atoms with Gasteiger partial charge in [-0.15, -0.1) is 11.6 Å². The van der Waals surface area contributed by atoms with Crippen LogP contribution in [0.15, 0.2) is 18.2 Å². The third-order valence-corrected chi connectivity index (χ3v) is 3.36. The number of halogens is 2. The van der Waals surface area contributed by atoms with E-state index in [0.717, 1.165) is 0 Å². The van der Waals surface area contributed by atoms with Crippen molar-refractivity contribution >= 4 is 28.5 Å². The zero-order chi connectivity index (χ0) is 14.9. The van der Waals surface area contributed by atoms with Crippen LogP contribution in [0.5, 0.6) is 0 Å². The summed E-state index contributed by atoms with van der Waals surface area (Å²) in [5.74, 6) is 0.216. The van der Waals surface area contributed by atoms with Crippen molar-refractivity contribution in [3.8, 4) is 0 Å². The Hall–Kier alpha value is -1.62. The van der Waals surface area contributed by atoms with E-state index < -0.39 is 0 Å². The van der Waals surface area contributed by atoms with Crippen LogP contribution in [0.2, 0.25) is 0 Å². The number of fused-ring (bicyclic) bond motifs is 1. The number of aryl methyl sites for hydroxylation is 1. The number of rotatable bonds is 4. The molecule has 1 amide bonds. The summed E-state index contributed by atoms with van der Waals surface area (Å²) in [6, 6.07) is 4.79. The lowest BCUT2D eigenvalue weighted by atomic mass is 10.3. The maximum atomic E-state index is 13.8. The van der Waals surface area contributed by atoms with Gasteiger partial charge in [-0.25, -0.2) is 9.37 Å². The van der Waals surface area contributed by atoms with E-state index in [0.29, 0.717) is 29.8 Å². The Morgan fingerprint density at radius 3 is 2.80 bits per heavy atom. The standard InChI is InChI=1S/C14H17ClFN3O/c1-9(15)14-17-13-10(16)5-4-6-11(13)19(14)8-7-12(20)18(2)3/h4-6,9H,7-8H2,1-3H3. The van der Waals surface area contributed by atoms with Crippen LogP contribution in [-0.2, 0) is 11.3 Å². The molecule has 1 heterocycles. The maximum Gasteiger partial charge on any atom is 0.223 e. The number of aromatic nitrogens is 2. The zero-order valence-electron chi connectivity index (χ0n) is 11.7. The highest BCUT2D eigenvalue weighted by Gasteiger charge is 2.18. The molecule has 0 aliphatic heterocycles. The number of imidazole rings is 1. The molecule has 0 bridgehead atoms. The molecule has 1 aromatic carbocycles. The van der Waals surface area contributed by atoms with Crippen molar-refractivity contribution in [2.45, 2.75) is 25.3 Å². The predicted octanol–water partition coefficient (Wildman–Crippen LogP) is 2.95. The first-order chi connectivity index (χ1) is 9.41. The van der Waals surface area contributed by atoms with Gasteiger partial charge in [0.15, 0.2) is 5.82 Å². The SMILES string of the molecule is CC(Cl)c1nc2c(F)cccc2n1CCC(=O)N(C)C. The molecule has 20 heavy (non-hydrogen) atoms. The fraction of sp³-hybridized carbons (Fsp3) is 0.429. The average molecular weight is 298 g/mol. The van der Waals surface area contributed by atoms with Gasteiger partial charge in [0.05, 0.1) is 10.9 Å².